The van der Waals surface area contributed by atoms with Crippen LogP contribution in [0.3, 0.4) is 0 Å². The molecule has 0 aliphatic heterocycles. The molecule has 1 aliphatic carbocycles. The minimum Gasteiger partial charge on any atom is -0.465 e. The fourth-order valence-corrected chi connectivity index (χ4v) is 7.37. The summed E-state index contributed by atoms with van der Waals surface area (Å²) < 4.78 is 28.3. The van der Waals surface area contributed by atoms with Gasteiger partial charge in [-0.1, -0.05) is 6.92 Å². The van der Waals surface area contributed by atoms with Crippen molar-refractivity contribution in [1.29, 1.82) is 0 Å². The third-order valence-electron chi connectivity index (χ3n) is 5.37. The zero-order valence-corrected chi connectivity index (χ0v) is 19.1. The Kier molecular flexibility index (Phi) is 7.31. The Bertz CT molecular complexity index is 930. The van der Waals surface area contributed by atoms with Crippen LogP contribution in [-0.4, -0.2) is 48.5 Å². The van der Waals surface area contributed by atoms with Gasteiger partial charge < -0.3 is 10.4 Å². The van der Waals surface area contributed by atoms with Crippen LogP contribution in [-0.2, 0) is 10.0 Å². The van der Waals surface area contributed by atoms with E-state index in [1.807, 2.05) is 25.3 Å². The zero-order valence-electron chi connectivity index (χ0n) is 16.6. The second kappa shape index (κ2) is 9.55. The van der Waals surface area contributed by atoms with Gasteiger partial charge in [-0.15, -0.1) is 22.7 Å². The maximum absolute atomic E-state index is 13.2. The van der Waals surface area contributed by atoms with Crippen LogP contribution in [0.5, 0.6) is 0 Å². The molecule has 1 fully saturated rings. The first kappa shape index (κ1) is 22.2. The molecule has 0 bridgehead atoms. The minimum atomic E-state index is -3.53. The van der Waals surface area contributed by atoms with Crippen molar-refractivity contribution in [3.8, 4) is 10.6 Å². The zero-order chi connectivity index (χ0) is 21.0. The molecule has 0 aromatic carbocycles. The molecule has 2 N–H and O–H groups in total. The topological polar surface area (TPSA) is 99.6 Å². The van der Waals surface area contributed by atoms with E-state index in [4.69, 9.17) is 5.11 Å². The second-order valence-corrected chi connectivity index (χ2v) is 11.7. The van der Waals surface area contributed by atoms with Gasteiger partial charge in [0, 0.05) is 25.0 Å². The number of sulfonamides is 1. The number of nitrogens with one attached hydrogen (secondary N) is 1. The molecule has 7 nitrogen and oxygen atoms in total. The summed E-state index contributed by atoms with van der Waals surface area (Å²) in [5.74, 6) is 0.655. The number of thiazole rings is 1. The van der Waals surface area contributed by atoms with Crippen molar-refractivity contribution in [3.63, 3.8) is 0 Å². The lowest BCUT2D eigenvalue weighted by Crippen LogP contribution is -2.37. The van der Waals surface area contributed by atoms with E-state index in [0.29, 0.717) is 35.7 Å². The van der Waals surface area contributed by atoms with Crippen molar-refractivity contribution in [2.75, 3.05) is 19.6 Å². The molecule has 29 heavy (non-hydrogen) atoms. The molecule has 0 unspecified atom stereocenters. The third-order valence-corrected chi connectivity index (χ3v) is 9.66. The van der Waals surface area contributed by atoms with Crippen LogP contribution in [0.2, 0.25) is 0 Å². The lowest BCUT2D eigenvalue weighted by Gasteiger charge is -2.31. The van der Waals surface area contributed by atoms with Gasteiger partial charge in [-0.25, -0.2) is 18.2 Å². The molecule has 2 aromatic rings. The lowest BCUT2D eigenvalue weighted by atomic mass is 9.82. The molecule has 0 spiro atoms. The number of aryl methyl sites for hydroxylation is 1. The fourth-order valence-electron chi connectivity index (χ4n) is 3.74. The Morgan fingerprint density at radius 3 is 2.55 bits per heavy atom. The summed E-state index contributed by atoms with van der Waals surface area (Å²) in [7, 11) is -3.53. The van der Waals surface area contributed by atoms with E-state index in [-0.39, 0.29) is 0 Å². The Labute approximate surface area is 179 Å². The van der Waals surface area contributed by atoms with Gasteiger partial charge in [0.2, 0.25) is 0 Å². The Morgan fingerprint density at radius 2 is 1.97 bits per heavy atom. The minimum absolute atomic E-state index is 0.312. The average molecular weight is 458 g/mol. The van der Waals surface area contributed by atoms with E-state index >= 15 is 0 Å². The molecule has 1 saturated carbocycles. The highest BCUT2D eigenvalue weighted by Gasteiger charge is 2.30. The molecular weight excluding hydrogens is 430 g/mol. The second-order valence-electron chi connectivity index (χ2n) is 7.40. The number of carboxylic acid groups (broad SMARTS) is 1. The number of nitrogens with zero attached hydrogens (tertiary/aromatic N) is 2. The predicted octanol–water partition coefficient (Wildman–Crippen LogP) is 4.26. The van der Waals surface area contributed by atoms with Crippen LogP contribution in [0.1, 0.15) is 37.6 Å². The van der Waals surface area contributed by atoms with Gasteiger partial charge in [-0.3, -0.25) is 0 Å². The van der Waals surface area contributed by atoms with Crippen molar-refractivity contribution in [1.82, 2.24) is 14.6 Å². The number of rotatable bonds is 8. The predicted molar refractivity (Wildman–Crippen MR) is 116 cm³/mol. The van der Waals surface area contributed by atoms with Crippen molar-refractivity contribution in [2.45, 2.75) is 43.7 Å². The summed E-state index contributed by atoms with van der Waals surface area (Å²) in [5.41, 5.74) is 0.829. The Morgan fingerprint density at radius 1 is 1.28 bits per heavy atom. The summed E-state index contributed by atoms with van der Waals surface area (Å²) in [6.07, 6.45) is 2.71. The fraction of sp³-hybridized carbons (Fsp3) is 0.579. The number of aromatic nitrogens is 1. The maximum atomic E-state index is 13.2. The Balaban J connectivity index is 1.62. The van der Waals surface area contributed by atoms with Crippen LogP contribution < -0.4 is 5.32 Å². The molecule has 1 amide bonds. The van der Waals surface area contributed by atoms with Crippen LogP contribution in [0.4, 0.5) is 4.79 Å². The summed E-state index contributed by atoms with van der Waals surface area (Å²) in [4.78, 5) is 16.0. The van der Waals surface area contributed by atoms with Crippen molar-refractivity contribution >= 4 is 38.8 Å². The van der Waals surface area contributed by atoms with E-state index in [9.17, 15) is 13.2 Å². The standard InChI is InChI=1S/C19H27N3O4S3/c1-3-22(11-15-6-4-14(5-7-15)10-20-19(23)24)29(25,26)18-9-8-17(28-18)16-12-27-13(2)21-16/h8-9,12,14-15,20H,3-7,10-11H2,1-2H3,(H,23,24)/t14-,15-. The monoisotopic (exact) mass is 457 g/mol. The van der Waals surface area contributed by atoms with E-state index in [2.05, 4.69) is 10.3 Å². The molecule has 10 heteroatoms. The molecule has 0 radical (unpaired) electrons. The summed E-state index contributed by atoms with van der Waals surface area (Å²) >= 11 is 2.83. The average Bonchev–Trinajstić information content (AvgIpc) is 3.34. The van der Waals surface area contributed by atoms with E-state index < -0.39 is 16.1 Å². The van der Waals surface area contributed by atoms with Crippen LogP contribution in [0, 0.1) is 18.8 Å². The number of hydrogen-bond donors (Lipinski definition) is 2. The van der Waals surface area contributed by atoms with E-state index in [1.165, 1.54) is 11.3 Å². The molecule has 0 saturated heterocycles. The molecule has 2 heterocycles. The van der Waals surface area contributed by atoms with Crippen LogP contribution >= 0.6 is 22.7 Å². The highest BCUT2D eigenvalue weighted by molar-refractivity contribution is 7.91. The SMILES string of the molecule is CCN(C[C@H]1CC[C@H](CNC(=O)O)CC1)S(=O)(=O)c1ccc(-c2csc(C)n2)s1. The van der Waals surface area contributed by atoms with Gasteiger partial charge >= 0.3 is 6.09 Å². The largest absolute Gasteiger partial charge is 0.465 e. The van der Waals surface area contributed by atoms with Gasteiger partial charge in [0.05, 0.1) is 15.6 Å². The first-order valence-electron chi connectivity index (χ1n) is 9.79. The van der Waals surface area contributed by atoms with Crippen molar-refractivity contribution in [2.24, 2.45) is 11.8 Å². The molecular formula is C19H27N3O4S3. The van der Waals surface area contributed by atoms with E-state index in [0.717, 1.165) is 41.3 Å². The normalized spacial score (nSPS) is 20.1. The third kappa shape index (κ3) is 5.56. The first-order valence-corrected chi connectivity index (χ1v) is 12.9. The van der Waals surface area contributed by atoms with Gasteiger partial charge in [0.15, 0.2) is 0 Å². The quantitative estimate of drug-likeness (QED) is 0.617. The Hall–Kier alpha value is -1.49. The summed E-state index contributed by atoms with van der Waals surface area (Å²) in [6, 6.07) is 3.52. The first-order chi connectivity index (χ1) is 13.8. The van der Waals surface area contributed by atoms with Gasteiger partial charge in [0.1, 0.15) is 4.21 Å². The molecule has 2 aromatic heterocycles. The maximum Gasteiger partial charge on any atom is 0.404 e. The van der Waals surface area contributed by atoms with Gasteiger partial charge in [0.25, 0.3) is 10.0 Å². The molecule has 1 aliphatic rings. The van der Waals surface area contributed by atoms with Gasteiger partial charge in [-0.2, -0.15) is 4.31 Å². The molecule has 3 rings (SSSR count). The number of amides is 1. The van der Waals surface area contributed by atoms with Crippen molar-refractivity contribution in [3.05, 3.63) is 22.5 Å². The highest BCUT2D eigenvalue weighted by Crippen LogP contribution is 2.34. The summed E-state index contributed by atoms with van der Waals surface area (Å²) in [6.45, 7) is 5.24. The van der Waals surface area contributed by atoms with Crippen LogP contribution in [0.25, 0.3) is 10.6 Å². The molecule has 160 valence electrons. The van der Waals surface area contributed by atoms with Crippen LogP contribution in [0.15, 0.2) is 21.7 Å². The summed E-state index contributed by atoms with van der Waals surface area (Å²) in [5, 5.41) is 14.1. The van der Waals surface area contributed by atoms with Gasteiger partial charge in [-0.05, 0) is 56.6 Å². The smallest absolute Gasteiger partial charge is 0.404 e. The lowest BCUT2D eigenvalue weighted by molar-refractivity contribution is 0.186. The highest BCUT2D eigenvalue weighted by atomic mass is 32.2. The number of hydrogen-bond acceptors (Lipinski definition) is 6. The van der Waals surface area contributed by atoms with E-state index in [1.54, 1.807) is 21.7 Å². The number of carbonyl (C=O) groups is 1. The van der Waals surface area contributed by atoms with Crippen molar-refractivity contribution < 1.29 is 18.3 Å². The molecule has 0 atom stereocenters. The number of thiophene rings is 1.